The van der Waals surface area contributed by atoms with E-state index in [9.17, 15) is 0 Å². The van der Waals surface area contributed by atoms with Gasteiger partial charge in [-0.1, -0.05) is 29.8 Å². The molecule has 0 amide bonds. The van der Waals surface area contributed by atoms with Crippen LogP contribution in [-0.4, -0.2) is 25.3 Å². The lowest BCUT2D eigenvalue weighted by Gasteiger charge is -2.26. The summed E-state index contributed by atoms with van der Waals surface area (Å²) in [5.41, 5.74) is 2.43. The van der Waals surface area contributed by atoms with Crippen LogP contribution in [0.4, 0.5) is 5.69 Å². The van der Waals surface area contributed by atoms with E-state index < -0.39 is 0 Å². The Labute approximate surface area is 95.8 Å². The molecule has 0 aliphatic carbocycles. The van der Waals surface area contributed by atoms with Crippen molar-refractivity contribution in [3.63, 3.8) is 0 Å². The highest BCUT2D eigenvalue weighted by molar-refractivity contribution is 6.19. The van der Waals surface area contributed by atoms with Crippen LogP contribution in [0.25, 0.3) is 0 Å². The molecule has 15 heavy (non-hydrogen) atoms. The zero-order valence-electron chi connectivity index (χ0n) is 9.11. The number of benzene rings is 1. The number of likely N-dealkylation sites (N-methyl/N-ethyl adjacent to an activating group) is 1. The fourth-order valence-corrected chi connectivity index (χ4v) is 2.27. The first-order chi connectivity index (χ1) is 7.18. The Hall–Kier alpha value is -0.730. The summed E-state index contributed by atoms with van der Waals surface area (Å²) in [5, 5.41) is 0. The molecule has 1 aromatic rings. The van der Waals surface area contributed by atoms with Crippen LogP contribution in [0.1, 0.15) is 12.0 Å². The zero-order valence-corrected chi connectivity index (χ0v) is 9.87. The predicted octanol–water partition coefficient (Wildman–Crippen LogP) is 2.79. The van der Waals surface area contributed by atoms with E-state index in [1.807, 2.05) is 0 Å². The molecule has 1 saturated heterocycles. The van der Waals surface area contributed by atoms with E-state index >= 15 is 0 Å². The topological polar surface area (TPSA) is 12.5 Å². The maximum Gasteiger partial charge on any atom is 0.133 e. The number of ether oxygens (including phenoxy) is 1. The van der Waals surface area contributed by atoms with E-state index in [0.717, 1.165) is 13.0 Å². The van der Waals surface area contributed by atoms with Gasteiger partial charge in [0.2, 0.25) is 0 Å². The molecular formula is C12H16ClNO. The number of para-hydroxylation sites is 1. The highest BCUT2D eigenvalue weighted by Gasteiger charge is 2.27. The van der Waals surface area contributed by atoms with Gasteiger partial charge < -0.3 is 9.64 Å². The largest absolute Gasteiger partial charge is 0.369 e. The normalized spacial score (nSPS) is 25.5. The van der Waals surface area contributed by atoms with Gasteiger partial charge in [-0.25, -0.2) is 0 Å². The number of nitrogens with zero attached hydrogens (tertiary/aromatic N) is 1. The van der Waals surface area contributed by atoms with Gasteiger partial charge in [-0.3, -0.25) is 0 Å². The number of hydrogen-bond acceptors (Lipinski definition) is 2. The van der Waals surface area contributed by atoms with Crippen molar-refractivity contribution >= 4 is 17.3 Å². The number of rotatable bonds is 2. The average molecular weight is 226 g/mol. The van der Waals surface area contributed by atoms with Crippen molar-refractivity contribution in [3.05, 3.63) is 29.8 Å². The Morgan fingerprint density at radius 1 is 1.40 bits per heavy atom. The number of hydrogen-bond donors (Lipinski definition) is 0. The van der Waals surface area contributed by atoms with Crippen LogP contribution in [-0.2, 0) is 4.74 Å². The smallest absolute Gasteiger partial charge is 0.133 e. The van der Waals surface area contributed by atoms with Crippen LogP contribution >= 0.6 is 11.6 Å². The SMILES string of the molecule is Cc1ccccc1N(C)C1COC(Cl)C1. The molecule has 2 rings (SSSR count). The molecule has 3 heteroatoms. The summed E-state index contributed by atoms with van der Waals surface area (Å²) in [4.78, 5) is 2.26. The van der Waals surface area contributed by atoms with Gasteiger partial charge in [0.05, 0.1) is 12.6 Å². The minimum absolute atomic E-state index is 0.124. The Morgan fingerprint density at radius 3 is 2.73 bits per heavy atom. The molecule has 1 aliphatic heterocycles. The molecule has 1 aliphatic rings. The third-order valence-corrected chi connectivity index (χ3v) is 3.27. The summed E-state index contributed by atoms with van der Waals surface area (Å²) in [7, 11) is 2.10. The first kappa shape index (κ1) is 10.8. The fraction of sp³-hybridized carbons (Fsp3) is 0.500. The first-order valence-electron chi connectivity index (χ1n) is 5.22. The van der Waals surface area contributed by atoms with Gasteiger partial charge in [0.1, 0.15) is 5.56 Å². The molecule has 1 fully saturated rings. The minimum Gasteiger partial charge on any atom is -0.369 e. The van der Waals surface area contributed by atoms with E-state index in [-0.39, 0.29) is 5.56 Å². The number of anilines is 1. The third kappa shape index (κ3) is 2.27. The van der Waals surface area contributed by atoms with Gasteiger partial charge in [-0.15, -0.1) is 0 Å². The Bertz CT molecular complexity index is 342. The second-order valence-electron chi connectivity index (χ2n) is 4.03. The molecule has 82 valence electrons. The maximum absolute atomic E-state index is 5.93. The summed E-state index contributed by atoms with van der Waals surface area (Å²) in [6, 6.07) is 8.78. The standard InChI is InChI=1S/C12H16ClNO/c1-9-5-3-4-6-11(9)14(2)10-7-12(13)15-8-10/h3-6,10,12H,7-8H2,1-2H3. The van der Waals surface area contributed by atoms with Gasteiger partial charge in [0.15, 0.2) is 0 Å². The van der Waals surface area contributed by atoms with Crippen LogP contribution in [0.15, 0.2) is 24.3 Å². The quantitative estimate of drug-likeness (QED) is 0.718. The van der Waals surface area contributed by atoms with E-state index in [1.165, 1.54) is 11.3 Å². The lowest BCUT2D eigenvalue weighted by atomic mass is 10.1. The summed E-state index contributed by atoms with van der Waals surface area (Å²) >= 11 is 5.93. The fourth-order valence-electron chi connectivity index (χ4n) is 1.99. The van der Waals surface area contributed by atoms with Gasteiger partial charge in [-0.2, -0.15) is 0 Å². The Balaban J connectivity index is 2.14. The van der Waals surface area contributed by atoms with E-state index in [4.69, 9.17) is 16.3 Å². The van der Waals surface area contributed by atoms with E-state index in [2.05, 4.69) is 43.1 Å². The number of aryl methyl sites for hydroxylation is 1. The van der Waals surface area contributed by atoms with Crippen molar-refractivity contribution < 1.29 is 4.74 Å². The molecule has 1 heterocycles. The highest BCUT2D eigenvalue weighted by Crippen LogP contribution is 2.26. The van der Waals surface area contributed by atoms with Crippen molar-refractivity contribution in [2.24, 2.45) is 0 Å². The summed E-state index contributed by atoms with van der Waals surface area (Å²) in [6.07, 6.45) is 0.895. The summed E-state index contributed by atoms with van der Waals surface area (Å²) in [6.45, 7) is 2.85. The van der Waals surface area contributed by atoms with Crippen LogP contribution in [0.2, 0.25) is 0 Å². The van der Waals surface area contributed by atoms with Gasteiger partial charge >= 0.3 is 0 Å². The molecule has 0 saturated carbocycles. The van der Waals surface area contributed by atoms with E-state index in [1.54, 1.807) is 0 Å². The predicted molar refractivity (Wildman–Crippen MR) is 63.6 cm³/mol. The van der Waals surface area contributed by atoms with Gasteiger partial charge in [-0.05, 0) is 18.6 Å². The van der Waals surface area contributed by atoms with Crippen molar-refractivity contribution in [1.82, 2.24) is 0 Å². The molecule has 1 aromatic carbocycles. The molecular weight excluding hydrogens is 210 g/mol. The van der Waals surface area contributed by atoms with Gasteiger partial charge in [0.25, 0.3) is 0 Å². The number of halogens is 1. The highest BCUT2D eigenvalue weighted by atomic mass is 35.5. The van der Waals surface area contributed by atoms with Crippen LogP contribution < -0.4 is 4.90 Å². The summed E-state index contributed by atoms with van der Waals surface area (Å²) < 4.78 is 5.37. The molecule has 0 aromatic heterocycles. The summed E-state index contributed by atoms with van der Waals surface area (Å²) in [5.74, 6) is 0. The molecule has 0 radical (unpaired) electrons. The van der Waals surface area contributed by atoms with E-state index in [0.29, 0.717) is 6.04 Å². The number of alkyl halides is 1. The lowest BCUT2D eigenvalue weighted by Crippen LogP contribution is -2.32. The molecule has 2 nitrogen and oxygen atoms in total. The average Bonchev–Trinajstić information content (AvgIpc) is 2.65. The monoisotopic (exact) mass is 225 g/mol. The lowest BCUT2D eigenvalue weighted by molar-refractivity contribution is 0.165. The molecule has 0 spiro atoms. The van der Waals surface area contributed by atoms with Crippen LogP contribution in [0.5, 0.6) is 0 Å². The van der Waals surface area contributed by atoms with Crippen LogP contribution in [0, 0.1) is 6.92 Å². The van der Waals surface area contributed by atoms with Crippen molar-refractivity contribution in [2.45, 2.75) is 24.9 Å². The minimum atomic E-state index is -0.124. The van der Waals surface area contributed by atoms with Crippen LogP contribution in [0.3, 0.4) is 0 Å². The third-order valence-electron chi connectivity index (χ3n) is 2.97. The Kier molecular flexibility index (Phi) is 3.17. The van der Waals surface area contributed by atoms with Crippen molar-refractivity contribution in [2.75, 3.05) is 18.6 Å². The molecule has 0 bridgehead atoms. The zero-order chi connectivity index (χ0) is 10.8. The maximum atomic E-state index is 5.93. The molecule has 2 unspecified atom stereocenters. The van der Waals surface area contributed by atoms with Crippen molar-refractivity contribution in [3.8, 4) is 0 Å². The van der Waals surface area contributed by atoms with Gasteiger partial charge in [0, 0.05) is 19.2 Å². The molecule has 0 N–H and O–H groups in total. The second-order valence-corrected chi connectivity index (χ2v) is 4.52. The first-order valence-corrected chi connectivity index (χ1v) is 5.66. The van der Waals surface area contributed by atoms with Crippen molar-refractivity contribution in [1.29, 1.82) is 0 Å². The molecule has 2 atom stereocenters. The Morgan fingerprint density at radius 2 is 2.13 bits per heavy atom. The second kappa shape index (κ2) is 4.42.